The molecule has 1 aliphatic heterocycles. The highest BCUT2D eigenvalue weighted by Gasteiger charge is 2.39. The number of fused-ring (bicyclic) bond motifs is 1. The molecule has 0 fully saturated rings. The Kier molecular flexibility index (Phi) is 3.35. The molecule has 0 saturated carbocycles. The molecule has 4 heteroatoms. The highest BCUT2D eigenvalue weighted by Crippen LogP contribution is 2.34. The predicted molar refractivity (Wildman–Crippen MR) is 66.1 cm³/mol. The lowest BCUT2D eigenvalue weighted by molar-refractivity contribution is -0.166. The van der Waals surface area contributed by atoms with Gasteiger partial charge in [-0.25, -0.2) is 0 Å². The van der Waals surface area contributed by atoms with Crippen molar-refractivity contribution >= 4 is 5.71 Å². The lowest BCUT2D eigenvalue weighted by Crippen LogP contribution is -2.39. The Hall–Kier alpha value is -1.13. The van der Waals surface area contributed by atoms with E-state index < -0.39 is 5.79 Å². The summed E-state index contributed by atoms with van der Waals surface area (Å²) in [6.45, 7) is 2.12. The molecule has 0 spiro atoms. The maximum Gasteiger partial charge on any atom is 0.248 e. The lowest BCUT2D eigenvalue weighted by Gasteiger charge is -2.34. The van der Waals surface area contributed by atoms with E-state index in [1.54, 1.807) is 21.3 Å². The largest absolute Gasteiger partial charge is 0.495 e. The molecule has 0 radical (unpaired) electrons. The minimum absolute atomic E-state index is 0.370. The molecule has 0 aromatic carbocycles. The second kappa shape index (κ2) is 4.63. The first-order valence-corrected chi connectivity index (χ1v) is 5.81. The standard InChI is InChI=1S/C13H19NO3/c1-9-5-6-10-8-13(16-3,17-4)12(15-2)7-11(10)14-9/h7-9H,5-6H2,1-4H3. The van der Waals surface area contributed by atoms with Crippen molar-refractivity contribution < 1.29 is 14.2 Å². The molecule has 1 heterocycles. The third-order valence-corrected chi connectivity index (χ3v) is 3.32. The molecule has 4 nitrogen and oxygen atoms in total. The molecule has 0 aromatic heterocycles. The minimum Gasteiger partial charge on any atom is -0.495 e. The van der Waals surface area contributed by atoms with Crippen molar-refractivity contribution in [2.24, 2.45) is 4.99 Å². The molecular formula is C13H19NO3. The number of allylic oxidation sites excluding steroid dienone is 2. The number of hydrogen-bond donors (Lipinski definition) is 0. The predicted octanol–water partition coefficient (Wildman–Crippen LogP) is 2.07. The first-order chi connectivity index (χ1) is 8.15. The van der Waals surface area contributed by atoms with Crippen molar-refractivity contribution in [1.29, 1.82) is 0 Å². The number of rotatable bonds is 3. The highest BCUT2D eigenvalue weighted by molar-refractivity contribution is 6.10. The van der Waals surface area contributed by atoms with Gasteiger partial charge in [-0.15, -0.1) is 0 Å². The summed E-state index contributed by atoms with van der Waals surface area (Å²) in [5.74, 6) is -0.261. The summed E-state index contributed by atoms with van der Waals surface area (Å²) in [5, 5.41) is 0. The molecule has 0 amide bonds. The Morgan fingerprint density at radius 2 is 2.00 bits per heavy atom. The molecule has 0 N–H and O–H groups in total. The van der Waals surface area contributed by atoms with E-state index in [0.29, 0.717) is 11.8 Å². The fraction of sp³-hybridized carbons (Fsp3) is 0.615. The molecule has 2 aliphatic rings. The quantitative estimate of drug-likeness (QED) is 0.705. The summed E-state index contributed by atoms with van der Waals surface area (Å²) < 4.78 is 16.3. The fourth-order valence-electron chi connectivity index (χ4n) is 2.28. The van der Waals surface area contributed by atoms with Gasteiger partial charge in [0, 0.05) is 26.3 Å². The van der Waals surface area contributed by atoms with Gasteiger partial charge in [0.05, 0.1) is 12.8 Å². The van der Waals surface area contributed by atoms with Gasteiger partial charge in [-0.1, -0.05) is 0 Å². The van der Waals surface area contributed by atoms with Crippen LogP contribution < -0.4 is 0 Å². The van der Waals surface area contributed by atoms with Gasteiger partial charge >= 0.3 is 0 Å². The molecule has 17 heavy (non-hydrogen) atoms. The Bertz CT molecular complexity index is 391. The molecular weight excluding hydrogens is 218 g/mol. The van der Waals surface area contributed by atoms with E-state index in [0.717, 1.165) is 18.6 Å². The van der Waals surface area contributed by atoms with Gasteiger partial charge in [-0.05, 0) is 31.4 Å². The van der Waals surface area contributed by atoms with Crippen LogP contribution in [0.5, 0.6) is 0 Å². The Morgan fingerprint density at radius 3 is 2.59 bits per heavy atom. The van der Waals surface area contributed by atoms with Crippen molar-refractivity contribution in [3.8, 4) is 0 Å². The van der Waals surface area contributed by atoms with Crippen molar-refractivity contribution in [3.05, 3.63) is 23.5 Å². The van der Waals surface area contributed by atoms with Crippen LogP contribution in [0.1, 0.15) is 19.8 Å². The van der Waals surface area contributed by atoms with Gasteiger partial charge < -0.3 is 14.2 Å². The average molecular weight is 237 g/mol. The second-order valence-electron chi connectivity index (χ2n) is 4.36. The molecule has 0 saturated heterocycles. The van der Waals surface area contributed by atoms with Crippen molar-refractivity contribution in [2.75, 3.05) is 21.3 Å². The van der Waals surface area contributed by atoms with Crippen molar-refractivity contribution in [2.45, 2.75) is 31.6 Å². The van der Waals surface area contributed by atoms with Crippen molar-refractivity contribution in [3.63, 3.8) is 0 Å². The van der Waals surface area contributed by atoms with Crippen LogP contribution in [-0.4, -0.2) is 38.9 Å². The van der Waals surface area contributed by atoms with Crippen LogP contribution in [0.4, 0.5) is 0 Å². The number of nitrogens with zero attached hydrogens (tertiary/aromatic N) is 1. The molecule has 0 aromatic rings. The van der Waals surface area contributed by atoms with Gasteiger partial charge in [0.1, 0.15) is 0 Å². The van der Waals surface area contributed by atoms with Crippen LogP contribution in [0.15, 0.2) is 28.5 Å². The number of ether oxygens (including phenoxy) is 3. The van der Waals surface area contributed by atoms with Crippen LogP contribution in [0.25, 0.3) is 0 Å². The van der Waals surface area contributed by atoms with Gasteiger partial charge in [0.25, 0.3) is 0 Å². The normalized spacial score (nSPS) is 26.6. The van der Waals surface area contributed by atoms with E-state index in [9.17, 15) is 0 Å². The first kappa shape index (κ1) is 12.3. The third-order valence-electron chi connectivity index (χ3n) is 3.32. The van der Waals surface area contributed by atoms with E-state index >= 15 is 0 Å². The van der Waals surface area contributed by atoms with Gasteiger partial charge in [-0.2, -0.15) is 0 Å². The molecule has 1 aliphatic carbocycles. The molecule has 1 atom stereocenters. The maximum atomic E-state index is 5.46. The Labute approximate surface area is 102 Å². The van der Waals surface area contributed by atoms with E-state index in [4.69, 9.17) is 14.2 Å². The summed E-state index contributed by atoms with van der Waals surface area (Å²) in [7, 11) is 4.84. The topological polar surface area (TPSA) is 40.0 Å². The molecule has 0 bridgehead atoms. The van der Waals surface area contributed by atoms with E-state index in [1.807, 2.05) is 12.2 Å². The van der Waals surface area contributed by atoms with Gasteiger partial charge in [-0.3, -0.25) is 4.99 Å². The lowest BCUT2D eigenvalue weighted by atomic mass is 9.90. The average Bonchev–Trinajstić information content (AvgIpc) is 2.37. The Balaban J connectivity index is 2.44. The summed E-state index contributed by atoms with van der Waals surface area (Å²) >= 11 is 0. The number of hydrogen-bond acceptors (Lipinski definition) is 4. The maximum absolute atomic E-state index is 5.46. The van der Waals surface area contributed by atoms with E-state index in [-0.39, 0.29) is 0 Å². The summed E-state index contributed by atoms with van der Waals surface area (Å²) in [5.41, 5.74) is 2.16. The fourth-order valence-corrected chi connectivity index (χ4v) is 2.28. The van der Waals surface area contributed by atoms with Crippen LogP contribution in [0, 0.1) is 0 Å². The Morgan fingerprint density at radius 1 is 1.29 bits per heavy atom. The molecule has 94 valence electrons. The monoisotopic (exact) mass is 237 g/mol. The third kappa shape index (κ3) is 2.03. The highest BCUT2D eigenvalue weighted by atomic mass is 16.7. The summed E-state index contributed by atoms with van der Waals surface area (Å²) in [4.78, 5) is 4.62. The first-order valence-electron chi connectivity index (χ1n) is 5.81. The second-order valence-corrected chi connectivity index (χ2v) is 4.36. The molecule has 2 rings (SSSR count). The molecule has 1 unspecified atom stereocenters. The van der Waals surface area contributed by atoms with Crippen LogP contribution >= 0.6 is 0 Å². The van der Waals surface area contributed by atoms with Crippen LogP contribution in [0.2, 0.25) is 0 Å². The summed E-state index contributed by atoms with van der Waals surface area (Å²) in [6.07, 6.45) is 5.95. The van der Waals surface area contributed by atoms with E-state index in [1.165, 1.54) is 5.57 Å². The zero-order valence-corrected chi connectivity index (χ0v) is 10.8. The number of methoxy groups -OCH3 is 3. The zero-order valence-electron chi connectivity index (χ0n) is 10.8. The van der Waals surface area contributed by atoms with Crippen molar-refractivity contribution in [1.82, 2.24) is 0 Å². The number of aliphatic imine (C=N–C) groups is 1. The minimum atomic E-state index is -0.899. The SMILES string of the molecule is COC1=CC2=NC(C)CCC2=CC1(OC)OC. The summed E-state index contributed by atoms with van der Waals surface area (Å²) in [6, 6.07) is 0.370. The van der Waals surface area contributed by atoms with E-state index in [2.05, 4.69) is 11.9 Å². The van der Waals surface area contributed by atoms with Gasteiger partial charge in [0.15, 0.2) is 5.76 Å². The smallest absolute Gasteiger partial charge is 0.248 e. The zero-order chi connectivity index (χ0) is 12.5. The van der Waals surface area contributed by atoms with Crippen LogP contribution in [0.3, 0.4) is 0 Å². The van der Waals surface area contributed by atoms with Gasteiger partial charge in [0.2, 0.25) is 5.79 Å². The van der Waals surface area contributed by atoms with Crippen LogP contribution in [-0.2, 0) is 14.2 Å².